The average molecular weight is 498 g/mol. The maximum Gasteiger partial charge on any atom is 0.306 e. The Hall–Kier alpha value is -3.97. The molecule has 1 fully saturated rings. The number of aliphatic carboxylic acids is 1. The number of aromatic amines is 1. The minimum absolute atomic E-state index is 0.218. The highest BCUT2D eigenvalue weighted by Gasteiger charge is 2.34. The quantitative estimate of drug-likeness (QED) is 0.221. The first-order valence-electron chi connectivity index (χ1n) is 12.0. The lowest BCUT2D eigenvalue weighted by atomic mass is 9.75. The van der Waals surface area contributed by atoms with Crippen molar-refractivity contribution in [3.8, 4) is 32.8 Å². The lowest BCUT2D eigenvalue weighted by molar-refractivity contribution is -0.146. The molecule has 0 aliphatic heterocycles. The highest BCUT2D eigenvalue weighted by atomic mass is 32.1. The molecule has 0 unspecified atom stereocenters. The number of fused-ring (bicyclic) bond motifs is 1. The summed E-state index contributed by atoms with van der Waals surface area (Å²) >= 11 is 1.62. The number of carboxylic acid groups (broad SMARTS) is 1. The van der Waals surface area contributed by atoms with Crippen LogP contribution in [0.1, 0.15) is 12.8 Å². The van der Waals surface area contributed by atoms with Gasteiger partial charge in [-0.2, -0.15) is 0 Å². The lowest BCUT2D eigenvalue weighted by Crippen LogP contribution is -2.34. The number of rotatable bonds is 7. The number of H-pyrrole nitrogens is 1. The molecule has 0 amide bonds. The van der Waals surface area contributed by atoms with Crippen molar-refractivity contribution in [3.63, 3.8) is 0 Å². The number of thiazole rings is 1. The molecule has 0 atom stereocenters. The van der Waals surface area contributed by atoms with Gasteiger partial charge in [-0.05, 0) is 54.2 Å². The molecule has 1 saturated carbocycles. The average Bonchev–Trinajstić information content (AvgIpc) is 3.51. The van der Waals surface area contributed by atoms with E-state index in [9.17, 15) is 9.18 Å². The fraction of sp³-hybridized carbons (Fsp3) is 0.172. The molecule has 1 aliphatic rings. The van der Waals surface area contributed by atoms with Crippen molar-refractivity contribution < 1.29 is 14.3 Å². The fourth-order valence-electron chi connectivity index (χ4n) is 4.86. The number of nitrogens with one attached hydrogen (secondary N) is 2. The van der Waals surface area contributed by atoms with Gasteiger partial charge in [-0.25, -0.2) is 9.37 Å². The molecular weight excluding hydrogens is 473 g/mol. The van der Waals surface area contributed by atoms with E-state index in [1.807, 2.05) is 24.4 Å². The molecule has 0 saturated heterocycles. The molecule has 6 rings (SSSR count). The summed E-state index contributed by atoms with van der Waals surface area (Å²) in [6.45, 7) is 0.716. The lowest BCUT2D eigenvalue weighted by Gasteiger charge is -2.32. The summed E-state index contributed by atoms with van der Waals surface area (Å²) < 4.78 is 13.3. The molecule has 180 valence electrons. The van der Waals surface area contributed by atoms with Crippen molar-refractivity contribution in [2.24, 2.45) is 11.8 Å². The molecule has 1 aliphatic carbocycles. The summed E-state index contributed by atoms with van der Waals surface area (Å²) in [6, 6.07) is 23.0. The third kappa shape index (κ3) is 4.27. The number of hydrogen-bond donors (Lipinski definition) is 3. The predicted octanol–water partition coefficient (Wildman–Crippen LogP) is 7.29. The van der Waals surface area contributed by atoms with Crippen molar-refractivity contribution in [3.05, 3.63) is 84.8 Å². The number of carbonyl (C=O) groups is 1. The second kappa shape index (κ2) is 9.24. The molecule has 2 aromatic heterocycles. The molecule has 3 aromatic carbocycles. The minimum atomic E-state index is -0.700. The van der Waals surface area contributed by atoms with Crippen LogP contribution < -0.4 is 5.32 Å². The maximum atomic E-state index is 13.3. The minimum Gasteiger partial charge on any atom is -0.481 e. The molecule has 36 heavy (non-hydrogen) atoms. The zero-order valence-corrected chi connectivity index (χ0v) is 20.2. The zero-order chi connectivity index (χ0) is 24.6. The number of hydrogen-bond acceptors (Lipinski definition) is 4. The number of carboxylic acids is 1. The Balaban J connectivity index is 1.33. The monoisotopic (exact) mass is 497 g/mol. The van der Waals surface area contributed by atoms with Gasteiger partial charge >= 0.3 is 5.97 Å². The van der Waals surface area contributed by atoms with Gasteiger partial charge in [0.15, 0.2) is 5.13 Å². The van der Waals surface area contributed by atoms with Crippen LogP contribution in [0.3, 0.4) is 0 Å². The van der Waals surface area contributed by atoms with Crippen molar-refractivity contribution >= 4 is 33.3 Å². The van der Waals surface area contributed by atoms with E-state index in [0.717, 1.165) is 48.9 Å². The number of anilines is 1. The smallest absolute Gasteiger partial charge is 0.306 e. The van der Waals surface area contributed by atoms with Crippen LogP contribution in [0.25, 0.3) is 43.7 Å². The number of aromatic nitrogens is 2. The van der Waals surface area contributed by atoms with Crippen molar-refractivity contribution in [1.82, 2.24) is 9.97 Å². The third-order valence-electron chi connectivity index (χ3n) is 6.93. The Labute approximate surface area is 211 Å². The van der Waals surface area contributed by atoms with Crippen LogP contribution in [-0.4, -0.2) is 27.6 Å². The molecule has 5 aromatic rings. The number of halogens is 1. The van der Waals surface area contributed by atoms with Crippen molar-refractivity contribution in [2.45, 2.75) is 12.8 Å². The van der Waals surface area contributed by atoms with Gasteiger partial charge in [0, 0.05) is 34.8 Å². The first kappa shape index (κ1) is 22.5. The van der Waals surface area contributed by atoms with E-state index in [0.29, 0.717) is 25.3 Å². The molecule has 0 radical (unpaired) electrons. The van der Waals surface area contributed by atoms with Crippen LogP contribution in [-0.2, 0) is 4.79 Å². The molecule has 3 N–H and O–H groups in total. The Morgan fingerprint density at radius 3 is 2.42 bits per heavy atom. The van der Waals surface area contributed by atoms with Gasteiger partial charge in [-0.1, -0.05) is 59.9 Å². The largest absolute Gasteiger partial charge is 0.481 e. The molecular formula is C29H24FN3O2S. The Kier molecular flexibility index (Phi) is 5.77. The highest BCUT2D eigenvalue weighted by molar-refractivity contribution is 7.19. The van der Waals surface area contributed by atoms with E-state index >= 15 is 0 Å². The summed E-state index contributed by atoms with van der Waals surface area (Å²) in [6.07, 6.45) is 3.36. The Morgan fingerprint density at radius 2 is 1.69 bits per heavy atom. The first-order valence-corrected chi connectivity index (χ1v) is 12.8. The summed E-state index contributed by atoms with van der Waals surface area (Å²) in [5, 5.41) is 14.6. The van der Waals surface area contributed by atoms with Gasteiger partial charge < -0.3 is 15.4 Å². The van der Waals surface area contributed by atoms with Gasteiger partial charge in [0.1, 0.15) is 5.82 Å². The van der Waals surface area contributed by atoms with Crippen molar-refractivity contribution in [2.75, 3.05) is 11.9 Å². The van der Waals surface area contributed by atoms with Gasteiger partial charge in [-0.3, -0.25) is 4.79 Å². The number of benzene rings is 3. The topological polar surface area (TPSA) is 78.0 Å². The third-order valence-corrected chi connectivity index (χ3v) is 7.98. The van der Waals surface area contributed by atoms with Crippen LogP contribution in [0.5, 0.6) is 0 Å². The summed E-state index contributed by atoms with van der Waals surface area (Å²) in [5.41, 5.74) is 6.07. The standard InChI is InChI=1S/C29H24FN3O2S/c30-22-10-8-19(9-11-22)18-4-6-20(7-5-18)26-27(24-2-1-3-25-23(24)12-13-31-25)36-29(33-26)32-16-17-14-21(15-17)28(34)35/h1-13,17,21,31H,14-16H2,(H,32,33)(H,34,35). The second-order valence-corrected chi connectivity index (χ2v) is 10.3. The van der Waals surface area contributed by atoms with E-state index in [1.54, 1.807) is 23.5 Å². The van der Waals surface area contributed by atoms with Gasteiger partial charge in [-0.15, -0.1) is 0 Å². The molecule has 0 bridgehead atoms. The molecule has 2 heterocycles. The van der Waals surface area contributed by atoms with Gasteiger partial charge in [0.2, 0.25) is 0 Å². The van der Waals surface area contributed by atoms with E-state index in [1.165, 1.54) is 12.1 Å². The SMILES string of the molecule is O=C(O)C1CC(CNc2nc(-c3ccc(-c4ccc(F)cc4)cc3)c(-c3cccc4[nH]ccc34)s2)C1. The highest BCUT2D eigenvalue weighted by Crippen LogP contribution is 2.43. The number of nitrogens with zero attached hydrogens (tertiary/aromatic N) is 1. The van der Waals surface area contributed by atoms with E-state index in [-0.39, 0.29) is 11.7 Å². The second-order valence-electron chi connectivity index (χ2n) is 9.28. The predicted molar refractivity (Wildman–Crippen MR) is 143 cm³/mol. The van der Waals surface area contributed by atoms with E-state index < -0.39 is 5.97 Å². The summed E-state index contributed by atoms with van der Waals surface area (Å²) in [5.74, 6) is -0.814. The van der Waals surface area contributed by atoms with Gasteiger partial charge in [0.25, 0.3) is 0 Å². The van der Waals surface area contributed by atoms with E-state index in [2.05, 4.69) is 40.6 Å². The summed E-state index contributed by atoms with van der Waals surface area (Å²) in [7, 11) is 0. The van der Waals surface area contributed by atoms with Crippen LogP contribution in [0.4, 0.5) is 9.52 Å². The molecule has 5 nitrogen and oxygen atoms in total. The first-order chi connectivity index (χ1) is 17.5. The van der Waals surface area contributed by atoms with Crippen molar-refractivity contribution in [1.29, 1.82) is 0 Å². The zero-order valence-electron chi connectivity index (χ0n) is 19.4. The summed E-state index contributed by atoms with van der Waals surface area (Å²) in [4.78, 5) is 20.5. The maximum absolute atomic E-state index is 13.3. The van der Waals surface area contributed by atoms with Crippen LogP contribution in [0.2, 0.25) is 0 Å². The van der Waals surface area contributed by atoms with Crippen LogP contribution in [0, 0.1) is 17.7 Å². The fourth-order valence-corrected chi connectivity index (χ4v) is 5.89. The Morgan fingerprint density at radius 1 is 1.00 bits per heavy atom. The molecule has 7 heteroatoms. The molecule has 0 spiro atoms. The van der Waals surface area contributed by atoms with Crippen LogP contribution >= 0.6 is 11.3 Å². The normalized spacial score (nSPS) is 17.1. The van der Waals surface area contributed by atoms with E-state index in [4.69, 9.17) is 10.1 Å². The van der Waals surface area contributed by atoms with Gasteiger partial charge in [0.05, 0.1) is 16.5 Å². The van der Waals surface area contributed by atoms with Crippen LogP contribution in [0.15, 0.2) is 79.0 Å². The Bertz CT molecular complexity index is 1530.